The first-order valence-electron chi connectivity index (χ1n) is 14.1. The van der Waals surface area contributed by atoms with E-state index in [1.165, 1.54) is 5.19 Å². The van der Waals surface area contributed by atoms with Crippen molar-refractivity contribution in [2.45, 2.75) is 43.7 Å². The van der Waals surface area contributed by atoms with Crippen LogP contribution in [0.2, 0.25) is 18.6 Å². The fourth-order valence-electron chi connectivity index (χ4n) is 6.89. The Hall–Kier alpha value is -3.72. The van der Waals surface area contributed by atoms with Crippen molar-refractivity contribution in [2.24, 2.45) is 5.92 Å². The molecular weight excluding hydrogens is 532 g/mol. The van der Waals surface area contributed by atoms with Crippen LogP contribution in [0.1, 0.15) is 29.3 Å². The first-order valence-corrected chi connectivity index (χ1v) is 17.1. The lowest BCUT2D eigenvalue weighted by Gasteiger charge is -2.37. The van der Waals surface area contributed by atoms with Gasteiger partial charge in [-0.3, -0.25) is 9.59 Å². The second kappa shape index (κ2) is 11.3. The zero-order valence-electron chi connectivity index (χ0n) is 24.1. The third kappa shape index (κ3) is 4.80. The highest BCUT2D eigenvalue weighted by molar-refractivity contribution is 6.91. The molecule has 0 aromatic heterocycles. The smallest absolute Gasteiger partial charge is 0.264 e. The van der Waals surface area contributed by atoms with E-state index in [9.17, 15) is 14.7 Å². The summed E-state index contributed by atoms with van der Waals surface area (Å²) in [5, 5.41) is 14.3. The van der Waals surface area contributed by atoms with Gasteiger partial charge in [-0.1, -0.05) is 61.6 Å². The summed E-state index contributed by atoms with van der Waals surface area (Å²) in [5.74, 6) is 0.249. The van der Waals surface area contributed by atoms with E-state index in [-0.39, 0.29) is 36.0 Å². The number of nitrogens with one attached hydrogen (secondary N) is 1. The van der Waals surface area contributed by atoms with Crippen LogP contribution in [-0.4, -0.2) is 51.4 Å². The number of aliphatic hydroxyl groups is 1. The Balaban J connectivity index is 1.59. The Morgan fingerprint density at radius 1 is 1.15 bits per heavy atom. The predicted molar refractivity (Wildman–Crippen MR) is 165 cm³/mol. The minimum atomic E-state index is -2.27. The highest BCUT2D eigenvalue weighted by atomic mass is 28.3. The van der Waals surface area contributed by atoms with Crippen LogP contribution >= 0.6 is 0 Å². The number of hydrogen-bond acceptors (Lipinski definition) is 5. The maximum atomic E-state index is 14.4. The lowest BCUT2D eigenvalue weighted by Crippen LogP contribution is -2.51. The normalized spacial score (nSPS) is 23.5. The molecule has 2 N–H and O–H groups in total. The highest BCUT2D eigenvalue weighted by Crippen LogP contribution is 2.60. The Bertz CT molecular complexity index is 1440. The van der Waals surface area contributed by atoms with Crippen LogP contribution in [0.15, 0.2) is 85.5 Å². The number of fused-ring (bicyclic) bond motifs is 2. The van der Waals surface area contributed by atoms with Gasteiger partial charge in [-0.05, 0) is 54.4 Å². The largest absolute Gasteiger partial charge is 0.497 e. The molecule has 1 saturated heterocycles. The number of methoxy groups -OCH3 is 1. The van der Waals surface area contributed by atoms with Gasteiger partial charge in [0.15, 0.2) is 5.60 Å². The minimum Gasteiger partial charge on any atom is -0.497 e. The lowest BCUT2D eigenvalue weighted by molar-refractivity contribution is -0.146. The molecule has 2 heterocycles. The maximum Gasteiger partial charge on any atom is 0.264 e. The van der Waals surface area contributed by atoms with Crippen molar-refractivity contribution < 1.29 is 24.2 Å². The molecule has 2 aliphatic heterocycles. The van der Waals surface area contributed by atoms with E-state index >= 15 is 0 Å². The Labute approximate surface area is 242 Å². The predicted octanol–water partition coefficient (Wildman–Crippen LogP) is 5.08. The maximum absolute atomic E-state index is 14.4. The molecule has 0 aliphatic carbocycles. The molecule has 0 radical (unpaired) electrons. The van der Waals surface area contributed by atoms with Crippen LogP contribution in [0.5, 0.6) is 5.75 Å². The number of ether oxygens (including phenoxy) is 2. The molecule has 1 spiro atoms. The summed E-state index contributed by atoms with van der Waals surface area (Å²) in [4.78, 5) is 29.1. The van der Waals surface area contributed by atoms with Gasteiger partial charge in [-0.25, -0.2) is 0 Å². The van der Waals surface area contributed by atoms with E-state index in [0.29, 0.717) is 24.2 Å². The van der Waals surface area contributed by atoms with E-state index in [1.807, 2.05) is 48.5 Å². The number of aliphatic hydroxyl groups excluding tert-OH is 1. The fraction of sp³-hybridized carbons (Fsp3) is 0.333. The molecular formula is C33H38N2O5Si. The summed E-state index contributed by atoms with van der Waals surface area (Å²) in [5.41, 5.74) is 1.43. The number of carbonyl (C=O) groups excluding carboxylic acids is 2. The number of rotatable bonds is 9. The van der Waals surface area contributed by atoms with Crippen molar-refractivity contribution in [1.29, 1.82) is 0 Å². The average molecular weight is 571 g/mol. The second-order valence-corrected chi connectivity index (χ2v) is 16.1. The summed E-state index contributed by atoms with van der Waals surface area (Å²) in [7, 11) is -0.614. The van der Waals surface area contributed by atoms with Crippen LogP contribution in [0.4, 0.5) is 11.4 Å². The van der Waals surface area contributed by atoms with Crippen LogP contribution in [-0.2, 0) is 15.1 Å². The van der Waals surface area contributed by atoms with Crippen molar-refractivity contribution in [3.8, 4) is 5.75 Å². The molecule has 4 atom stereocenters. The molecule has 5 rings (SSSR count). The number of amides is 2. The number of carbonyl (C=O) groups is 2. The van der Waals surface area contributed by atoms with Crippen LogP contribution < -0.4 is 20.1 Å². The van der Waals surface area contributed by atoms with Crippen molar-refractivity contribution in [1.82, 2.24) is 0 Å². The highest BCUT2D eigenvalue weighted by Gasteiger charge is 2.66. The molecule has 214 valence electrons. The zero-order valence-corrected chi connectivity index (χ0v) is 25.1. The van der Waals surface area contributed by atoms with E-state index in [4.69, 9.17) is 9.47 Å². The van der Waals surface area contributed by atoms with Gasteiger partial charge < -0.3 is 24.8 Å². The van der Waals surface area contributed by atoms with Crippen LogP contribution in [0, 0.1) is 5.92 Å². The second-order valence-electron chi connectivity index (χ2n) is 11.4. The standard InChI is InChI=1S/C33H38N2O5Si/c1-6-19-35-28-17-12-24(34-31(37)23-10-8-7-9-11-23)21-27(28)33(32(35)38)22(2)30(29(40-33)18-20-36)41(4,5)26-15-13-25(39-3)14-16-26/h6-17,21-22,29-30,36H,1,18-20H2,2-5H3,(H,34,37)/t22-,29+,30-,33+/m0/s1. The van der Waals surface area contributed by atoms with Gasteiger partial charge >= 0.3 is 0 Å². The summed E-state index contributed by atoms with van der Waals surface area (Å²) in [6.07, 6.45) is 1.82. The van der Waals surface area contributed by atoms with Gasteiger partial charge in [-0.15, -0.1) is 6.58 Å². The van der Waals surface area contributed by atoms with Gasteiger partial charge in [0.1, 0.15) is 5.75 Å². The van der Waals surface area contributed by atoms with Gasteiger partial charge in [0, 0.05) is 35.9 Å². The SMILES string of the molecule is C=CCN1C(=O)[C@]2(O[C@H](CCO)[C@@H]([Si](C)(C)c3ccc(OC)cc3)[C@@H]2C)c2cc(NC(=O)c3ccccc3)ccc21. The molecule has 41 heavy (non-hydrogen) atoms. The molecule has 1 fully saturated rings. The molecule has 0 bridgehead atoms. The number of anilines is 2. The first-order chi connectivity index (χ1) is 19.7. The average Bonchev–Trinajstić information content (AvgIpc) is 3.40. The third-order valence-electron chi connectivity index (χ3n) is 8.85. The molecule has 0 unspecified atom stereocenters. The monoisotopic (exact) mass is 570 g/mol. The fourth-order valence-corrected chi connectivity index (χ4v) is 11.0. The molecule has 3 aromatic rings. The van der Waals surface area contributed by atoms with E-state index < -0.39 is 13.7 Å². The number of benzene rings is 3. The van der Waals surface area contributed by atoms with E-state index in [2.05, 4.69) is 44.0 Å². The van der Waals surface area contributed by atoms with Gasteiger partial charge in [0.05, 0.1) is 27.0 Å². The Morgan fingerprint density at radius 3 is 2.49 bits per heavy atom. The quantitative estimate of drug-likeness (QED) is 0.277. The number of nitrogens with zero attached hydrogens (tertiary/aromatic N) is 1. The molecule has 7 nitrogen and oxygen atoms in total. The Morgan fingerprint density at radius 2 is 1.85 bits per heavy atom. The third-order valence-corrected chi connectivity index (χ3v) is 13.2. The van der Waals surface area contributed by atoms with E-state index in [1.54, 1.807) is 30.2 Å². The minimum absolute atomic E-state index is 0.0334. The van der Waals surface area contributed by atoms with Gasteiger partial charge in [-0.2, -0.15) is 0 Å². The van der Waals surface area contributed by atoms with Crippen LogP contribution in [0.25, 0.3) is 0 Å². The van der Waals surface area contributed by atoms with Crippen molar-refractivity contribution >= 4 is 36.4 Å². The molecule has 0 saturated carbocycles. The van der Waals surface area contributed by atoms with Gasteiger partial charge in [0.2, 0.25) is 0 Å². The first kappa shape index (κ1) is 28.8. The molecule has 3 aromatic carbocycles. The zero-order chi connectivity index (χ0) is 29.4. The van der Waals surface area contributed by atoms with Crippen molar-refractivity contribution in [3.05, 3.63) is 96.6 Å². The summed E-state index contributed by atoms with van der Waals surface area (Å²) >= 11 is 0. The molecule has 8 heteroatoms. The summed E-state index contributed by atoms with van der Waals surface area (Å²) < 4.78 is 12.3. The lowest BCUT2D eigenvalue weighted by atomic mass is 9.82. The van der Waals surface area contributed by atoms with Crippen molar-refractivity contribution in [2.75, 3.05) is 30.5 Å². The summed E-state index contributed by atoms with van der Waals surface area (Å²) in [6, 6.07) is 22.8. The molecule has 2 amide bonds. The van der Waals surface area contributed by atoms with E-state index in [0.717, 1.165) is 17.0 Å². The topological polar surface area (TPSA) is 88.1 Å². The summed E-state index contributed by atoms with van der Waals surface area (Å²) in [6.45, 7) is 10.9. The number of hydrogen-bond donors (Lipinski definition) is 2. The van der Waals surface area contributed by atoms with Gasteiger partial charge in [0.25, 0.3) is 11.8 Å². The Kier molecular flexibility index (Phi) is 7.92. The van der Waals surface area contributed by atoms with Crippen LogP contribution in [0.3, 0.4) is 0 Å². The van der Waals surface area contributed by atoms with Crippen molar-refractivity contribution in [3.63, 3.8) is 0 Å². The molecule has 2 aliphatic rings.